The van der Waals surface area contributed by atoms with Gasteiger partial charge in [-0.15, -0.1) is 0 Å². The Bertz CT molecular complexity index is 306. The quantitative estimate of drug-likeness (QED) is 0.723. The molecule has 2 heteroatoms. The Balaban J connectivity index is 2.30. The van der Waals surface area contributed by atoms with Crippen LogP contribution in [-0.2, 0) is 6.42 Å². The molecule has 1 unspecified atom stereocenters. The van der Waals surface area contributed by atoms with Gasteiger partial charge in [-0.3, -0.25) is 0 Å². The van der Waals surface area contributed by atoms with Gasteiger partial charge in [0.2, 0.25) is 0 Å². The number of rotatable bonds is 8. The van der Waals surface area contributed by atoms with Crippen LogP contribution in [-0.4, -0.2) is 17.7 Å². The van der Waals surface area contributed by atoms with E-state index in [1.54, 1.807) is 6.07 Å². The van der Waals surface area contributed by atoms with Crippen LogP contribution in [0.4, 0.5) is 0 Å². The Labute approximate surface area is 105 Å². The molecule has 2 nitrogen and oxygen atoms in total. The first kappa shape index (κ1) is 14.0. The zero-order chi connectivity index (χ0) is 12.5. The summed E-state index contributed by atoms with van der Waals surface area (Å²) in [5.74, 6) is 0.374. The fourth-order valence-corrected chi connectivity index (χ4v) is 2.25. The lowest BCUT2D eigenvalue weighted by Gasteiger charge is -2.16. The number of hydrogen-bond donors (Lipinski definition) is 2. The molecule has 1 rings (SSSR count). The molecule has 1 aromatic rings. The number of hydrogen-bond acceptors (Lipinski definition) is 2. The molecule has 0 radical (unpaired) electrons. The standard InChI is InChI=1S/C15H25NO/c1-3-7-14(16-4-2)10-5-8-13-9-6-11-15(17)12-13/h6,9,11-12,14,16-17H,3-5,7-8,10H2,1-2H3. The largest absolute Gasteiger partial charge is 0.508 e. The van der Waals surface area contributed by atoms with Crippen LogP contribution in [0.15, 0.2) is 24.3 Å². The van der Waals surface area contributed by atoms with Gasteiger partial charge in [0, 0.05) is 6.04 Å². The van der Waals surface area contributed by atoms with E-state index in [9.17, 15) is 5.11 Å². The van der Waals surface area contributed by atoms with Gasteiger partial charge < -0.3 is 10.4 Å². The van der Waals surface area contributed by atoms with Crippen LogP contribution in [0.1, 0.15) is 45.1 Å². The lowest BCUT2D eigenvalue weighted by atomic mass is 10.0. The van der Waals surface area contributed by atoms with Crippen molar-refractivity contribution >= 4 is 0 Å². The second-order valence-corrected chi connectivity index (χ2v) is 4.61. The molecule has 0 aliphatic heterocycles. The molecule has 0 bridgehead atoms. The summed E-state index contributed by atoms with van der Waals surface area (Å²) in [7, 11) is 0. The third kappa shape index (κ3) is 5.73. The van der Waals surface area contributed by atoms with Crippen LogP contribution in [0.5, 0.6) is 5.75 Å². The van der Waals surface area contributed by atoms with Gasteiger partial charge in [0.15, 0.2) is 0 Å². The zero-order valence-corrected chi connectivity index (χ0v) is 11.1. The highest BCUT2D eigenvalue weighted by Gasteiger charge is 2.05. The van der Waals surface area contributed by atoms with E-state index in [0.717, 1.165) is 13.0 Å². The number of phenols is 1. The van der Waals surface area contributed by atoms with E-state index in [1.807, 2.05) is 12.1 Å². The van der Waals surface area contributed by atoms with Gasteiger partial charge in [0.25, 0.3) is 0 Å². The van der Waals surface area contributed by atoms with Crippen LogP contribution in [0.3, 0.4) is 0 Å². The summed E-state index contributed by atoms with van der Waals surface area (Å²) in [6.45, 7) is 5.45. The van der Waals surface area contributed by atoms with Crippen molar-refractivity contribution in [1.82, 2.24) is 5.32 Å². The summed E-state index contributed by atoms with van der Waals surface area (Å²) in [5.41, 5.74) is 1.23. The van der Waals surface area contributed by atoms with Crippen molar-refractivity contribution in [1.29, 1.82) is 0 Å². The first-order valence-electron chi connectivity index (χ1n) is 6.77. The minimum absolute atomic E-state index is 0.374. The maximum absolute atomic E-state index is 9.38. The molecule has 0 aliphatic carbocycles. The smallest absolute Gasteiger partial charge is 0.115 e. The molecule has 0 saturated heterocycles. The molecular weight excluding hydrogens is 210 g/mol. The Morgan fingerprint density at radius 3 is 2.71 bits per heavy atom. The molecule has 0 aliphatic rings. The monoisotopic (exact) mass is 235 g/mol. The topological polar surface area (TPSA) is 32.3 Å². The van der Waals surface area contributed by atoms with Crippen LogP contribution in [0, 0.1) is 0 Å². The number of phenolic OH excluding ortho intramolecular Hbond substituents is 1. The summed E-state index contributed by atoms with van der Waals surface area (Å²) in [6.07, 6.45) is 5.95. The van der Waals surface area contributed by atoms with Crippen LogP contribution in [0.25, 0.3) is 0 Å². The fraction of sp³-hybridized carbons (Fsp3) is 0.600. The van der Waals surface area contributed by atoms with Crippen LogP contribution in [0.2, 0.25) is 0 Å². The van der Waals surface area contributed by atoms with Gasteiger partial charge in [-0.1, -0.05) is 32.4 Å². The predicted molar refractivity (Wildman–Crippen MR) is 73.4 cm³/mol. The SMILES string of the molecule is CCCC(CCCc1cccc(O)c1)NCC. The lowest BCUT2D eigenvalue weighted by molar-refractivity contribution is 0.447. The molecule has 96 valence electrons. The van der Waals surface area contributed by atoms with Crippen molar-refractivity contribution < 1.29 is 5.11 Å². The number of nitrogens with one attached hydrogen (secondary N) is 1. The van der Waals surface area contributed by atoms with E-state index in [1.165, 1.54) is 31.2 Å². The van der Waals surface area contributed by atoms with Crippen molar-refractivity contribution in [3.63, 3.8) is 0 Å². The lowest BCUT2D eigenvalue weighted by Crippen LogP contribution is -2.28. The van der Waals surface area contributed by atoms with Crippen molar-refractivity contribution in [3.8, 4) is 5.75 Å². The summed E-state index contributed by atoms with van der Waals surface area (Å²) < 4.78 is 0. The molecule has 17 heavy (non-hydrogen) atoms. The van der Waals surface area contributed by atoms with E-state index in [-0.39, 0.29) is 0 Å². The Morgan fingerprint density at radius 2 is 2.06 bits per heavy atom. The Morgan fingerprint density at radius 1 is 1.24 bits per heavy atom. The van der Waals surface area contributed by atoms with Gasteiger partial charge in [0.1, 0.15) is 5.75 Å². The van der Waals surface area contributed by atoms with Gasteiger partial charge >= 0.3 is 0 Å². The molecule has 0 fully saturated rings. The summed E-state index contributed by atoms with van der Waals surface area (Å²) in [5, 5.41) is 12.9. The van der Waals surface area contributed by atoms with Gasteiger partial charge in [-0.05, 0) is 49.9 Å². The fourth-order valence-electron chi connectivity index (χ4n) is 2.25. The molecule has 0 saturated carbocycles. The second-order valence-electron chi connectivity index (χ2n) is 4.61. The van der Waals surface area contributed by atoms with E-state index >= 15 is 0 Å². The average Bonchev–Trinajstić information content (AvgIpc) is 2.30. The number of aromatic hydroxyl groups is 1. The highest BCUT2D eigenvalue weighted by atomic mass is 16.3. The molecule has 0 amide bonds. The first-order chi connectivity index (χ1) is 8.26. The molecule has 0 heterocycles. The zero-order valence-electron chi connectivity index (χ0n) is 11.1. The summed E-state index contributed by atoms with van der Waals surface area (Å²) in [4.78, 5) is 0. The summed E-state index contributed by atoms with van der Waals surface area (Å²) in [6, 6.07) is 8.24. The Kier molecular flexibility index (Phi) is 6.71. The molecule has 1 atom stereocenters. The summed E-state index contributed by atoms with van der Waals surface area (Å²) >= 11 is 0. The molecule has 0 spiro atoms. The minimum atomic E-state index is 0.374. The number of benzene rings is 1. The van der Waals surface area contributed by atoms with Crippen molar-refractivity contribution in [2.75, 3.05) is 6.54 Å². The van der Waals surface area contributed by atoms with E-state index < -0.39 is 0 Å². The van der Waals surface area contributed by atoms with Gasteiger partial charge in [0.05, 0.1) is 0 Å². The van der Waals surface area contributed by atoms with Gasteiger partial charge in [-0.2, -0.15) is 0 Å². The van der Waals surface area contributed by atoms with Crippen molar-refractivity contribution in [2.45, 2.75) is 52.0 Å². The van der Waals surface area contributed by atoms with Crippen LogP contribution >= 0.6 is 0 Å². The maximum Gasteiger partial charge on any atom is 0.115 e. The minimum Gasteiger partial charge on any atom is -0.508 e. The molecule has 1 aromatic carbocycles. The van der Waals surface area contributed by atoms with Gasteiger partial charge in [-0.25, -0.2) is 0 Å². The van der Waals surface area contributed by atoms with Crippen molar-refractivity contribution in [3.05, 3.63) is 29.8 Å². The molecule has 0 aromatic heterocycles. The molecule has 2 N–H and O–H groups in total. The second kappa shape index (κ2) is 8.13. The predicted octanol–water partition coefficient (Wildman–Crippen LogP) is 3.49. The average molecular weight is 235 g/mol. The normalized spacial score (nSPS) is 12.6. The highest BCUT2D eigenvalue weighted by Crippen LogP contribution is 2.14. The van der Waals surface area contributed by atoms with E-state index in [2.05, 4.69) is 25.2 Å². The molecular formula is C15H25NO. The number of aryl methyl sites for hydroxylation is 1. The Hall–Kier alpha value is -1.02. The van der Waals surface area contributed by atoms with Crippen molar-refractivity contribution in [2.24, 2.45) is 0 Å². The third-order valence-electron chi connectivity index (χ3n) is 3.06. The third-order valence-corrected chi connectivity index (χ3v) is 3.06. The highest BCUT2D eigenvalue weighted by molar-refractivity contribution is 5.27. The first-order valence-corrected chi connectivity index (χ1v) is 6.77. The maximum atomic E-state index is 9.38. The van der Waals surface area contributed by atoms with Crippen LogP contribution < -0.4 is 5.32 Å². The van der Waals surface area contributed by atoms with E-state index in [4.69, 9.17) is 0 Å². The van der Waals surface area contributed by atoms with E-state index in [0.29, 0.717) is 11.8 Å².